The third-order valence-corrected chi connectivity index (χ3v) is 1.87. The molecule has 0 aliphatic heterocycles. The van der Waals surface area contributed by atoms with E-state index < -0.39 is 35.0 Å². The van der Waals surface area contributed by atoms with E-state index in [1.165, 1.54) is 0 Å². The van der Waals surface area contributed by atoms with Crippen molar-refractivity contribution in [3.8, 4) is 0 Å². The number of hydrogen-bond acceptors (Lipinski definition) is 2. The van der Waals surface area contributed by atoms with E-state index in [0.717, 1.165) is 0 Å². The first kappa shape index (κ1) is 14.3. The first-order chi connectivity index (χ1) is 8.05. The summed E-state index contributed by atoms with van der Waals surface area (Å²) in [4.78, 5) is 0. The molecular formula is C9H4F7NO. The lowest BCUT2D eigenvalue weighted by Crippen LogP contribution is -2.24. The number of halogens is 7. The summed E-state index contributed by atoms with van der Waals surface area (Å²) in [7, 11) is 0. The van der Waals surface area contributed by atoms with Gasteiger partial charge >= 0.3 is 12.4 Å². The highest BCUT2D eigenvalue weighted by molar-refractivity contribution is 6.04. The zero-order valence-electron chi connectivity index (χ0n) is 8.27. The minimum absolute atomic E-state index is 0.0366. The van der Waals surface area contributed by atoms with Crippen molar-refractivity contribution in [2.45, 2.75) is 12.4 Å². The Labute approximate surface area is 95.3 Å². The highest BCUT2D eigenvalue weighted by Crippen LogP contribution is 2.32. The average molecular weight is 275 g/mol. The van der Waals surface area contributed by atoms with Crippen LogP contribution in [-0.2, 0) is 6.18 Å². The molecule has 1 rings (SSSR count). The lowest BCUT2D eigenvalue weighted by atomic mass is 10.1. The molecule has 0 amide bonds. The molecule has 18 heavy (non-hydrogen) atoms. The van der Waals surface area contributed by atoms with Crippen molar-refractivity contribution in [2.75, 3.05) is 0 Å². The molecule has 2 nitrogen and oxygen atoms in total. The molecule has 0 atom stereocenters. The molecule has 0 bridgehead atoms. The Hall–Kier alpha value is -1.80. The largest absolute Gasteiger partial charge is 0.437 e. The summed E-state index contributed by atoms with van der Waals surface area (Å²) in [5.41, 5.74) is -4.83. The van der Waals surface area contributed by atoms with Gasteiger partial charge in [0.1, 0.15) is 5.82 Å². The van der Waals surface area contributed by atoms with Crippen LogP contribution in [0.25, 0.3) is 0 Å². The number of nitrogens with zero attached hydrogens (tertiary/aromatic N) is 1. The van der Waals surface area contributed by atoms with Gasteiger partial charge < -0.3 is 5.21 Å². The molecule has 0 aliphatic carbocycles. The second-order valence-corrected chi connectivity index (χ2v) is 3.17. The van der Waals surface area contributed by atoms with Crippen molar-refractivity contribution in [1.82, 2.24) is 0 Å². The van der Waals surface area contributed by atoms with Crippen LogP contribution in [0.15, 0.2) is 23.4 Å². The molecule has 1 N–H and O–H groups in total. The Kier molecular flexibility index (Phi) is 3.54. The van der Waals surface area contributed by atoms with Crippen LogP contribution in [0.2, 0.25) is 0 Å². The van der Waals surface area contributed by atoms with Gasteiger partial charge in [-0.05, 0) is 18.2 Å². The van der Waals surface area contributed by atoms with E-state index in [2.05, 4.69) is 0 Å². The fourth-order valence-corrected chi connectivity index (χ4v) is 1.17. The van der Waals surface area contributed by atoms with Gasteiger partial charge in [0.2, 0.25) is 0 Å². The van der Waals surface area contributed by atoms with Crippen LogP contribution in [0.1, 0.15) is 11.1 Å². The van der Waals surface area contributed by atoms with E-state index in [1.807, 2.05) is 5.16 Å². The van der Waals surface area contributed by atoms with Crippen molar-refractivity contribution in [3.63, 3.8) is 0 Å². The normalized spacial score (nSPS) is 13.8. The highest BCUT2D eigenvalue weighted by atomic mass is 19.4. The Morgan fingerprint density at radius 2 is 1.56 bits per heavy atom. The van der Waals surface area contributed by atoms with Gasteiger partial charge in [-0.2, -0.15) is 26.3 Å². The van der Waals surface area contributed by atoms with Crippen LogP contribution in [0.4, 0.5) is 30.7 Å². The summed E-state index contributed by atoms with van der Waals surface area (Å²) in [6.45, 7) is 0. The smallest absolute Gasteiger partial charge is 0.410 e. The molecule has 0 fully saturated rings. The Bertz CT molecular complexity index is 475. The number of oxime groups is 1. The lowest BCUT2D eigenvalue weighted by molar-refractivity contribution is -0.137. The van der Waals surface area contributed by atoms with Gasteiger partial charge in [-0.3, -0.25) is 0 Å². The molecule has 1 aromatic rings. The molecule has 1 aromatic carbocycles. The van der Waals surface area contributed by atoms with Crippen LogP contribution < -0.4 is 0 Å². The van der Waals surface area contributed by atoms with E-state index in [-0.39, 0.29) is 18.2 Å². The zero-order chi connectivity index (χ0) is 14.1. The van der Waals surface area contributed by atoms with E-state index in [9.17, 15) is 30.7 Å². The maximum Gasteiger partial charge on any atom is 0.437 e. The predicted molar refractivity (Wildman–Crippen MR) is 45.8 cm³/mol. The molecule has 0 aliphatic rings. The first-order valence-electron chi connectivity index (χ1n) is 4.23. The maximum absolute atomic E-state index is 12.8. The quantitative estimate of drug-likeness (QED) is 0.361. The molecule has 0 saturated carbocycles. The maximum atomic E-state index is 12.8. The predicted octanol–water partition coefficient (Wildman–Crippen LogP) is 3.59. The van der Waals surface area contributed by atoms with Crippen molar-refractivity contribution in [1.29, 1.82) is 0 Å². The number of alkyl halides is 6. The second kappa shape index (κ2) is 4.46. The summed E-state index contributed by atoms with van der Waals surface area (Å²) < 4.78 is 86.4. The summed E-state index contributed by atoms with van der Waals surface area (Å²) in [6, 6.07) is 0.276. The highest BCUT2D eigenvalue weighted by Gasteiger charge is 2.39. The zero-order valence-corrected chi connectivity index (χ0v) is 8.27. The number of hydrogen-bond donors (Lipinski definition) is 1. The molecule has 0 aromatic heterocycles. The number of benzene rings is 1. The number of rotatable bonds is 1. The summed E-state index contributed by atoms with van der Waals surface area (Å²) in [6.07, 6.45) is -10.2. The van der Waals surface area contributed by atoms with E-state index >= 15 is 0 Å². The molecular weight excluding hydrogens is 271 g/mol. The van der Waals surface area contributed by atoms with E-state index in [0.29, 0.717) is 0 Å². The van der Waals surface area contributed by atoms with Gasteiger partial charge in [0, 0.05) is 5.56 Å². The van der Waals surface area contributed by atoms with Crippen LogP contribution in [0, 0.1) is 5.82 Å². The van der Waals surface area contributed by atoms with Crippen LogP contribution in [-0.4, -0.2) is 17.1 Å². The summed E-state index contributed by atoms with van der Waals surface area (Å²) >= 11 is 0. The van der Waals surface area contributed by atoms with Crippen LogP contribution in [0.3, 0.4) is 0 Å². The lowest BCUT2D eigenvalue weighted by Gasteiger charge is -2.12. The SMILES string of the molecule is O/N=C(/c1cc(F)cc(C(F)(F)F)c1)C(F)(F)F. The van der Waals surface area contributed by atoms with Crippen molar-refractivity contribution >= 4 is 5.71 Å². The standard InChI is InChI=1S/C9H4F7NO/c10-6-2-4(7(17-18)9(14,15)16)1-5(3-6)8(11,12)13/h1-3,18H/b17-7-. The van der Waals surface area contributed by atoms with Crippen LogP contribution in [0.5, 0.6) is 0 Å². The molecule has 0 saturated heterocycles. The monoisotopic (exact) mass is 275 g/mol. The van der Waals surface area contributed by atoms with E-state index in [4.69, 9.17) is 5.21 Å². The second-order valence-electron chi connectivity index (χ2n) is 3.17. The Balaban J connectivity index is 3.39. The molecule has 0 radical (unpaired) electrons. The van der Waals surface area contributed by atoms with E-state index in [1.54, 1.807) is 0 Å². The van der Waals surface area contributed by atoms with Crippen molar-refractivity contribution < 1.29 is 35.9 Å². The van der Waals surface area contributed by atoms with Crippen molar-refractivity contribution in [3.05, 3.63) is 35.1 Å². The Morgan fingerprint density at radius 1 is 1.00 bits per heavy atom. The molecule has 0 heterocycles. The first-order valence-corrected chi connectivity index (χ1v) is 4.23. The van der Waals surface area contributed by atoms with Gasteiger partial charge in [0.15, 0.2) is 5.71 Å². The molecule has 100 valence electrons. The fraction of sp³-hybridized carbons (Fsp3) is 0.222. The summed E-state index contributed by atoms with van der Waals surface area (Å²) in [5.74, 6) is -1.52. The third-order valence-electron chi connectivity index (χ3n) is 1.87. The molecule has 0 unspecified atom stereocenters. The minimum atomic E-state index is -5.20. The van der Waals surface area contributed by atoms with Crippen LogP contribution >= 0.6 is 0 Å². The van der Waals surface area contributed by atoms with Gasteiger partial charge in [0.25, 0.3) is 0 Å². The topological polar surface area (TPSA) is 32.6 Å². The van der Waals surface area contributed by atoms with Crippen molar-refractivity contribution in [2.24, 2.45) is 5.16 Å². The van der Waals surface area contributed by atoms with Gasteiger partial charge in [-0.15, -0.1) is 0 Å². The van der Waals surface area contributed by atoms with Gasteiger partial charge in [-0.25, -0.2) is 4.39 Å². The minimum Gasteiger partial charge on any atom is -0.410 e. The molecule has 0 spiro atoms. The van der Waals surface area contributed by atoms with Gasteiger partial charge in [-0.1, -0.05) is 5.16 Å². The third kappa shape index (κ3) is 3.11. The summed E-state index contributed by atoms with van der Waals surface area (Å²) in [5, 5.41) is 10.0. The van der Waals surface area contributed by atoms with Gasteiger partial charge in [0.05, 0.1) is 5.56 Å². The Morgan fingerprint density at radius 3 is 1.94 bits per heavy atom. The fourth-order valence-electron chi connectivity index (χ4n) is 1.17. The molecule has 9 heteroatoms. The average Bonchev–Trinajstić information content (AvgIpc) is 2.13.